The summed E-state index contributed by atoms with van der Waals surface area (Å²) in [4.78, 5) is 37.6. The number of benzene rings is 1. The van der Waals surface area contributed by atoms with E-state index >= 15 is 0 Å². The Hall–Kier alpha value is -2.38. The van der Waals surface area contributed by atoms with Crippen LogP contribution in [0, 0.1) is 13.8 Å². The third-order valence-corrected chi connectivity index (χ3v) is 4.53. The first kappa shape index (κ1) is 19.9. The van der Waals surface area contributed by atoms with E-state index in [1.165, 1.54) is 18.1 Å². The molecule has 138 valence electrons. The van der Waals surface area contributed by atoms with Crippen LogP contribution in [0.1, 0.15) is 11.1 Å². The summed E-state index contributed by atoms with van der Waals surface area (Å²) in [5.74, 6) is -0.803. The van der Waals surface area contributed by atoms with Crippen LogP contribution in [0.2, 0.25) is 10.0 Å². The quantitative estimate of drug-likeness (QED) is 0.839. The van der Waals surface area contributed by atoms with Crippen molar-refractivity contribution in [2.75, 3.05) is 18.9 Å². The molecule has 0 bridgehead atoms. The number of aryl methyl sites for hydroxylation is 2. The zero-order valence-electron chi connectivity index (χ0n) is 14.5. The summed E-state index contributed by atoms with van der Waals surface area (Å²) < 4.78 is 0.899. The number of halogens is 2. The molecule has 0 saturated carbocycles. The van der Waals surface area contributed by atoms with Gasteiger partial charge in [-0.05, 0) is 25.0 Å². The molecule has 0 saturated heterocycles. The number of aromatic nitrogens is 2. The maximum Gasteiger partial charge on any atom is 0.287 e. The molecule has 9 heteroatoms. The van der Waals surface area contributed by atoms with E-state index in [1.807, 2.05) is 32.0 Å². The van der Waals surface area contributed by atoms with Crippen molar-refractivity contribution < 1.29 is 9.59 Å². The van der Waals surface area contributed by atoms with E-state index < -0.39 is 11.5 Å². The Kier molecular flexibility index (Phi) is 6.39. The van der Waals surface area contributed by atoms with E-state index in [4.69, 9.17) is 23.2 Å². The van der Waals surface area contributed by atoms with Gasteiger partial charge in [-0.1, -0.05) is 41.4 Å². The highest BCUT2D eigenvalue weighted by Crippen LogP contribution is 2.19. The maximum atomic E-state index is 12.3. The SMILES string of the molecule is Cc1cccc(C)c1NC(=O)CN(C)C(=O)Cn1ncc(Cl)c(Cl)c1=O. The monoisotopic (exact) mass is 396 g/mol. The van der Waals surface area contributed by atoms with E-state index in [0.717, 1.165) is 21.5 Å². The summed E-state index contributed by atoms with van der Waals surface area (Å²) in [7, 11) is 1.47. The van der Waals surface area contributed by atoms with E-state index in [2.05, 4.69) is 10.4 Å². The van der Waals surface area contributed by atoms with Gasteiger partial charge in [0.15, 0.2) is 0 Å². The van der Waals surface area contributed by atoms with Crippen molar-refractivity contribution in [2.45, 2.75) is 20.4 Å². The first-order valence-electron chi connectivity index (χ1n) is 7.72. The van der Waals surface area contributed by atoms with Crippen LogP contribution in [0.15, 0.2) is 29.2 Å². The first-order chi connectivity index (χ1) is 12.2. The Labute approximate surface area is 160 Å². The van der Waals surface area contributed by atoms with Crippen molar-refractivity contribution in [1.82, 2.24) is 14.7 Å². The zero-order valence-corrected chi connectivity index (χ0v) is 16.1. The van der Waals surface area contributed by atoms with Gasteiger partial charge in [-0.3, -0.25) is 14.4 Å². The molecule has 0 unspecified atom stereocenters. The topological polar surface area (TPSA) is 84.3 Å². The third kappa shape index (κ3) is 4.62. The van der Waals surface area contributed by atoms with Crippen LogP contribution in [0.4, 0.5) is 5.69 Å². The van der Waals surface area contributed by atoms with Crippen LogP contribution in [0.5, 0.6) is 0 Å². The molecule has 0 radical (unpaired) electrons. The highest BCUT2D eigenvalue weighted by atomic mass is 35.5. The second-order valence-electron chi connectivity index (χ2n) is 5.83. The van der Waals surface area contributed by atoms with Gasteiger partial charge < -0.3 is 10.2 Å². The van der Waals surface area contributed by atoms with Gasteiger partial charge in [-0.2, -0.15) is 5.10 Å². The third-order valence-electron chi connectivity index (χ3n) is 3.78. The minimum Gasteiger partial charge on any atom is -0.335 e. The lowest BCUT2D eigenvalue weighted by atomic mass is 10.1. The number of nitrogens with zero attached hydrogens (tertiary/aromatic N) is 3. The van der Waals surface area contributed by atoms with Crippen molar-refractivity contribution in [3.8, 4) is 0 Å². The van der Waals surface area contributed by atoms with Gasteiger partial charge in [0.2, 0.25) is 11.8 Å². The van der Waals surface area contributed by atoms with Gasteiger partial charge in [0.1, 0.15) is 11.6 Å². The number of anilines is 1. The Morgan fingerprint density at radius 1 is 1.23 bits per heavy atom. The number of carbonyl (C=O) groups is 2. The minimum absolute atomic E-state index is 0.0155. The van der Waals surface area contributed by atoms with Gasteiger partial charge in [0, 0.05) is 12.7 Å². The Morgan fingerprint density at radius 2 is 1.85 bits per heavy atom. The number of amides is 2. The smallest absolute Gasteiger partial charge is 0.287 e. The van der Waals surface area contributed by atoms with Crippen molar-refractivity contribution in [1.29, 1.82) is 0 Å². The maximum absolute atomic E-state index is 12.3. The number of carbonyl (C=O) groups excluding carboxylic acids is 2. The minimum atomic E-state index is -0.666. The molecule has 0 spiro atoms. The number of hydrogen-bond acceptors (Lipinski definition) is 4. The fourth-order valence-corrected chi connectivity index (χ4v) is 2.57. The number of hydrogen-bond donors (Lipinski definition) is 1. The molecule has 1 heterocycles. The van der Waals surface area contributed by atoms with E-state index in [1.54, 1.807) is 0 Å². The number of para-hydroxylation sites is 1. The highest BCUT2D eigenvalue weighted by molar-refractivity contribution is 6.41. The molecule has 2 rings (SSSR count). The molecule has 2 aromatic rings. The number of rotatable bonds is 5. The second-order valence-corrected chi connectivity index (χ2v) is 6.62. The van der Waals surface area contributed by atoms with Crippen molar-refractivity contribution in [3.05, 3.63) is 55.9 Å². The average Bonchev–Trinajstić information content (AvgIpc) is 2.58. The molecular weight excluding hydrogens is 379 g/mol. The molecule has 1 aromatic heterocycles. The summed E-state index contributed by atoms with van der Waals surface area (Å²) in [6.45, 7) is 3.27. The lowest BCUT2D eigenvalue weighted by Crippen LogP contribution is -2.39. The molecule has 2 amide bonds. The van der Waals surface area contributed by atoms with Gasteiger partial charge >= 0.3 is 0 Å². The second kappa shape index (κ2) is 8.33. The van der Waals surface area contributed by atoms with Crippen molar-refractivity contribution in [3.63, 3.8) is 0 Å². The Bertz CT molecular complexity index is 891. The molecule has 0 atom stereocenters. The Morgan fingerprint density at radius 3 is 2.46 bits per heavy atom. The molecule has 1 aromatic carbocycles. The number of nitrogens with one attached hydrogen (secondary N) is 1. The van der Waals surface area contributed by atoms with Gasteiger partial charge in [0.25, 0.3) is 5.56 Å². The highest BCUT2D eigenvalue weighted by Gasteiger charge is 2.17. The summed E-state index contributed by atoms with van der Waals surface area (Å²) >= 11 is 11.5. The van der Waals surface area contributed by atoms with Crippen LogP contribution >= 0.6 is 23.2 Å². The predicted octanol–water partition coefficient (Wildman–Crippen LogP) is 2.26. The van der Waals surface area contributed by atoms with Crippen LogP contribution in [-0.4, -0.2) is 40.1 Å². The lowest BCUT2D eigenvalue weighted by molar-refractivity contribution is -0.134. The van der Waals surface area contributed by atoms with E-state index in [9.17, 15) is 14.4 Å². The van der Waals surface area contributed by atoms with Gasteiger partial charge in [0.05, 0.1) is 17.8 Å². The lowest BCUT2D eigenvalue weighted by Gasteiger charge is -2.18. The van der Waals surface area contributed by atoms with Crippen LogP contribution in [0.3, 0.4) is 0 Å². The summed E-state index contributed by atoms with van der Waals surface area (Å²) in [6.07, 6.45) is 1.19. The molecule has 0 aliphatic carbocycles. The normalized spacial score (nSPS) is 10.5. The molecule has 0 fully saturated rings. The van der Waals surface area contributed by atoms with Crippen molar-refractivity contribution in [2.24, 2.45) is 0 Å². The van der Waals surface area contributed by atoms with E-state index in [0.29, 0.717) is 0 Å². The van der Waals surface area contributed by atoms with Gasteiger partial charge in [-0.25, -0.2) is 4.68 Å². The van der Waals surface area contributed by atoms with Crippen LogP contribution < -0.4 is 10.9 Å². The van der Waals surface area contributed by atoms with Crippen LogP contribution in [-0.2, 0) is 16.1 Å². The molecule has 7 nitrogen and oxygen atoms in total. The fraction of sp³-hybridized carbons (Fsp3) is 0.294. The first-order valence-corrected chi connectivity index (χ1v) is 8.47. The molecule has 0 aliphatic rings. The Balaban J connectivity index is 2.02. The van der Waals surface area contributed by atoms with E-state index in [-0.39, 0.29) is 29.0 Å². The molecule has 0 aliphatic heterocycles. The van der Waals surface area contributed by atoms with Gasteiger partial charge in [-0.15, -0.1) is 0 Å². The van der Waals surface area contributed by atoms with Crippen LogP contribution in [0.25, 0.3) is 0 Å². The molecule has 26 heavy (non-hydrogen) atoms. The van der Waals surface area contributed by atoms with Crippen molar-refractivity contribution >= 4 is 40.7 Å². The summed E-state index contributed by atoms with van der Waals surface area (Å²) in [5, 5.41) is 6.38. The predicted molar refractivity (Wildman–Crippen MR) is 101 cm³/mol. The summed E-state index contributed by atoms with van der Waals surface area (Å²) in [6, 6.07) is 5.68. The molecule has 1 N–H and O–H groups in total. The average molecular weight is 397 g/mol. The summed E-state index contributed by atoms with van der Waals surface area (Å²) in [5.41, 5.74) is 1.92. The standard InChI is InChI=1S/C17H18Cl2N4O3/c1-10-5-4-6-11(2)16(10)21-13(24)8-22(3)14(25)9-23-17(26)15(19)12(18)7-20-23/h4-7H,8-9H2,1-3H3,(H,21,24). The fourth-order valence-electron chi connectivity index (χ4n) is 2.30. The number of likely N-dealkylation sites (N-methyl/N-ethyl adjacent to an activating group) is 1. The largest absolute Gasteiger partial charge is 0.335 e. The molecular formula is C17H18Cl2N4O3. The zero-order chi connectivity index (χ0) is 19.4.